The molecule has 8 nitrogen and oxygen atoms in total. The number of anilines is 1. The Kier molecular flexibility index (Phi) is 4.17. The number of hydrogen-bond donors (Lipinski definition) is 6. The van der Waals surface area contributed by atoms with Gasteiger partial charge in [-0.1, -0.05) is 23.2 Å². The molecule has 2 amide bonds. The number of benzene rings is 1. The summed E-state index contributed by atoms with van der Waals surface area (Å²) >= 11 is 11.5. The number of nitrogens with two attached hydrogens (primary N) is 1. The number of guanidine groups is 1. The van der Waals surface area contributed by atoms with E-state index in [2.05, 4.69) is 5.32 Å². The van der Waals surface area contributed by atoms with Gasteiger partial charge in [0, 0.05) is 7.05 Å². The first-order chi connectivity index (χ1) is 8.73. The lowest BCUT2D eigenvalue weighted by atomic mass is 10.2. The van der Waals surface area contributed by atoms with E-state index in [1.807, 2.05) is 0 Å². The lowest BCUT2D eigenvalue weighted by Gasteiger charge is -2.23. The van der Waals surface area contributed by atoms with Crippen LogP contribution in [0.15, 0.2) is 0 Å². The number of nitrogens with zero attached hydrogens (tertiary/aromatic N) is 1. The van der Waals surface area contributed by atoms with E-state index >= 15 is 0 Å². The number of carbonyl (C=O) groups is 1. The van der Waals surface area contributed by atoms with Crippen LogP contribution >= 0.6 is 23.2 Å². The zero-order valence-electron chi connectivity index (χ0n) is 9.53. The van der Waals surface area contributed by atoms with Crippen molar-refractivity contribution in [3.8, 4) is 17.2 Å². The van der Waals surface area contributed by atoms with Gasteiger partial charge in [0.2, 0.25) is 11.7 Å². The number of phenols is 3. The summed E-state index contributed by atoms with van der Waals surface area (Å²) in [5, 5.41) is 36.8. The molecule has 0 fully saturated rings. The number of carbonyl (C=O) groups excluding carboxylic acids is 1. The first kappa shape index (κ1) is 15.0. The number of rotatable bonds is 1. The number of halogens is 2. The zero-order valence-corrected chi connectivity index (χ0v) is 11.0. The van der Waals surface area contributed by atoms with Gasteiger partial charge in [-0.15, -0.1) is 0 Å². The molecule has 0 spiro atoms. The lowest BCUT2D eigenvalue weighted by molar-refractivity contribution is 0.251. The van der Waals surface area contributed by atoms with Gasteiger partial charge >= 0.3 is 6.03 Å². The second-order valence-electron chi connectivity index (χ2n) is 3.30. The van der Waals surface area contributed by atoms with E-state index < -0.39 is 45.0 Å². The van der Waals surface area contributed by atoms with Crippen molar-refractivity contribution in [2.75, 3.05) is 11.9 Å². The zero-order chi connectivity index (χ0) is 14.9. The largest absolute Gasteiger partial charge is 0.503 e. The highest BCUT2D eigenvalue weighted by Crippen LogP contribution is 2.52. The van der Waals surface area contributed by atoms with E-state index in [4.69, 9.17) is 34.3 Å². The summed E-state index contributed by atoms with van der Waals surface area (Å²) in [6.07, 6.45) is 0. The van der Waals surface area contributed by atoms with E-state index in [0.29, 0.717) is 4.90 Å². The summed E-state index contributed by atoms with van der Waals surface area (Å²) in [4.78, 5) is 12.1. The Morgan fingerprint density at radius 3 is 1.95 bits per heavy atom. The molecule has 0 aromatic heterocycles. The molecule has 0 atom stereocenters. The molecule has 0 bridgehead atoms. The van der Waals surface area contributed by atoms with E-state index in [-0.39, 0.29) is 0 Å². The van der Waals surface area contributed by atoms with Gasteiger partial charge < -0.3 is 26.4 Å². The van der Waals surface area contributed by atoms with E-state index in [9.17, 15) is 20.1 Å². The minimum atomic E-state index is -0.945. The Morgan fingerprint density at radius 1 is 1.21 bits per heavy atom. The van der Waals surface area contributed by atoms with E-state index in [1.54, 1.807) is 0 Å². The smallest absolute Gasteiger partial charge is 0.328 e. The quantitative estimate of drug-likeness (QED) is 0.262. The normalized spacial score (nSPS) is 10.1. The molecule has 0 radical (unpaired) electrons. The van der Waals surface area contributed by atoms with Gasteiger partial charge in [-0.05, 0) is 0 Å². The summed E-state index contributed by atoms with van der Waals surface area (Å²) < 4.78 is 0. The SMILES string of the molecule is CNC(=O)N(C(=N)N)c1c(Cl)c(O)c(O)c(O)c1Cl. The third kappa shape index (κ3) is 2.40. The standard InChI is InChI=1S/C9H10Cl2N4O4/c1-14-9(19)15(8(12)13)4-2(10)5(16)7(18)6(17)3(4)11/h16-18H,1H3,(H3,12,13)(H,14,19). The highest BCUT2D eigenvalue weighted by molar-refractivity contribution is 6.43. The summed E-state index contributed by atoms with van der Waals surface area (Å²) in [5.74, 6) is -3.49. The molecular formula is C9H10Cl2N4O4. The Balaban J connectivity index is 3.65. The second-order valence-corrected chi connectivity index (χ2v) is 4.05. The van der Waals surface area contributed by atoms with Gasteiger partial charge in [0.05, 0.1) is 5.69 Å². The molecule has 0 saturated heterocycles. The van der Waals surface area contributed by atoms with Crippen LogP contribution in [0.5, 0.6) is 17.2 Å². The fourth-order valence-corrected chi connectivity index (χ4v) is 1.87. The molecule has 7 N–H and O–H groups in total. The van der Waals surface area contributed by atoms with Gasteiger partial charge in [-0.25, -0.2) is 9.69 Å². The maximum absolute atomic E-state index is 11.6. The average molecular weight is 309 g/mol. The van der Waals surface area contributed by atoms with Gasteiger partial charge in [-0.2, -0.15) is 0 Å². The lowest BCUT2D eigenvalue weighted by Crippen LogP contribution is -2.46. The van der Waals surface area contributed by atoms with Crippen LogP contribution in [0, 0.1) is 5.41 Å². The third-order valence-corrected chi connectivity index (χ3v) is 2.88. The first-order valence-corrected chi connectivity index (χ1v) is 5.47. The summed E-state index contributed by atoms with van der Waals surface area (Å²) in [6, 6.07) is -0.874. The van der Waals surface area contributed by atoms with Gasteiger partial charge in [0.1, 0.15) is 10.0 Å². The Morgan fingerprint density at radius 2 is 1.63 bits per heavy atom. The average Bonchev–Trinajstić information content (AvgIpc) is 2.37. The molecule has 1 aromatic carbocycles. The van der Waals surface area contributed by atoms with E-state index in [1.165, 1.54) is 7.05 Å². The maximum Gasteiger partial charge on any atom is 0.328 e. The molecular weight excluding hydrogens is 299 g/mol. The minimum absolute atomic E-state index is 0.428. The number of amides is 2. The number of phenolic OH excluding ortho intramolecular Hbond substituents is 3. The molecule has 0 aliphatic rings. The van der Waals surface area contributed by atoms with Crippen LogP contribution in [-0.2, 0) is 0 Å². The second kappa shape index (κ2) is 5.29. The summed E-state index contributed by atoms with van der Waals surface area (Å²) in [7, 11) is 1.26. The van der Waals surface area contributed by atoms with Crippen molar-refractivity contribution in [1.29, 1.82) is 5.41 Å². The Bertz CT molecular complexity index is 535. The fourth-order valence-electron chi connectivity index (χ4n) is 1.28. The number of urea groups is 1. The number of hydrogen-bond acceptors (Lipinski definition) is 5. The predicted octanol–water partition coefficient (Wildman–Crippen LogP) is 1.15. The van der Waals surface area contributed by atoms with Crippen molar-refractivity contribution in [2.45, 2.75) is 0 Å². The summed E-state index contributed by atoms with van der Waals surface area (Å²) in [5.41, 5.74) is 4.80. The van der Waals surface area contributed by atoms with Crippen LogP contribution in [0.25, 0.3) is 0 Å². The Hall–Kier alpha value is -2.06. The topological polar surface area (TPSA) is 143 Å². The molecule has 104 valence electrons. The van der Waals surface area contributed by atoms with Crippen LogP contribution < -0.4 is 16.0 Å². The van der Waals surface area contributed by atoms with E-state index in [0.717, 1.165) is 0 Å². The van der Waals surface area contributed by atoms with Crippen LogP contribution in [0.3, 0.4) is 0 Å². The fraction of sp³-hybridized carbons (Fsp3) is 0.111. The molecule has 0 aliphatic heterocycles. The third-order valence-electron chi connectivity index (χ3n) is 2.16. The molecule has 0 aliphatic carbocycles. The van der Waals surface area contributed by atoms with Crippen molar-refractivity contribution in [3.63, 3.8) is 0 Å². The first-order valence-electron chi connectivity index (χ1n) is 4.71. The highest BCUT2D eigenvalue weighted by atomic mass is 35.5. The molecule has 1 aromatic rings. The summed E-state index contributed by atoms with van der Waals surface area (Å²) in [6.45, 7) is 0. The van der Waals surface area contributed by atoms with Crippen LogP contribution in [-0.4, -0.2) is 34.4 Å². The highest BCUT2D eigenvalue weighted by Gasteiger charge is 2.29. The van der Waals surface area contributed by atoms with Crippen molar-refractivity contribution >= 4 is 40.9 Å². The predicted molar refractivity (Wildman–Crippen MR) is 70.3 cm³/mol. The van der Waals surface area contributed by atoms with Crippen molar-refractivity contribution in [1.82, 2.24) is 5.32 Å². The minimum Gasteiger partial charge on any atom is -0.503 e. The molecule has 19 heavy (non-hydrogen) atoms. The number of nitrogens with one attached hydrogen (secondary N) is 2. The molecule has 0 saturated carbocycles. The van der Waals surface area contributed by atoms with Crippen molar-refractivity contribution in [3.05, 3.63) is 10.0 Å². The van der Waals surface area contributed by atoms with Crippen LogP contribution in [0.2, 0.25) is 10.0 Å². The van der Waals surface area contributed by atoms with Crippen molar-refractivity contribution in [2.24, 2.45) is 5.73 Å². The van der Waals surface area contributed by atoms with Gasteiger partial charge in [-0.3, -0.25) is 5.41 Å². The Labute approximate surface area is 117 Å². The maximum atomic E-state index is 11.6. The molecule has 0 heterocycles. The molecule has 10 heteroatoms. The van der Waals surface area contributed by atoms with Crippen LogP contribution in [0.4, 0.5) is 10.5 Å². The molecule has 1 rings (SSSR count). The van der Waals surface area contributed by atoms with Crippen molar-refractivity contribution < 1.29 is 20.1 Å². The molecule has 0 unspecified atom stereocenters. The van der Waals surface area contributed by atoms with Gasteiger partial charge in [0.25, 0.3) is 0 Å². The van der Waals surface area contributed by atoms with Gasteiger partial charge in [0.15, 0.2) is 11.5 Å². The van der Waals surface area contributed by atoms with Crippen LogP contribution in [0.1, 0.15) is 0 Å². The number of aromatic hydroxyl groups is 3. The monoisotopic (exact) mass is 308 g/mol.